The Hall–Kier alpha value is -3.05. The van der Waals surface area contributed by atoms with Gasteiger partial charge in [0.05, 0.1) is 6.04 Å². The number of ketones is 2. The van der Waals surface area contributed by atoms with Crippen LogP contribution in [0.1, 0.15) is 32.3 Å². The van der Waals surface area contributed by atoms with Gasteiger partial charge in [-0.1, -0.05) is 43.0 Å². The molecule has 0 aromatic heterocycles. The highest BCUT2D eigenvalue weighted by Gasteiger charge is 2.36. The van der Waals surface area contributed by atoms with E-state index in [0.29, 0.717) is 0 Å². The van der Waals surface area contributed by atoms with E-state index in [9.17, 15) is 9.59 Å². The third-order valence-corrected chi connectivity index (χ3v) is 5.65. The molecule has 0 bridgehead atoms. The van der Waals surface area contributed by atoms with Crippen molar-refractivity contribution in [2.24, 2.45) is 10.7 Å². The number of benzene rings is 2. The van der Waals surface area contributed by atoms with Crippen LogP contribution in [0.15, 0.2) is 53.5 Å². The molecule has 0 saturated carbocycles. The number of anilines is 1. The van der Waals surface area contributed by atoms with E-state index < -0.39 is 0 Å². The van der Waals surface area contributed by atoms with Crippen LogP contribution in [0.25, 0.3) is 12.2 Å². The molecule has 1 aliphatic rings. The summed E-state index contributed by atoms with van der Waals surface area (Å²) in [5, 5.41) is 1.93. The summed E-state index contributed by atoms with van der Waals surface area (Å²) < 4.78 is 0. The summed E-state index contributed by atoms with van der Waals surface area (Å²) in [6, 6.07) is 15.4. The molecule has 2 aromatic rings. The lowest BCUT2D eigenvalue weighted by Crippen LogP contribution is -2.50. The van der Waals surface area contributed by atoms with Gasteiger partial charge >= 0.3 is 0 Å². The standard InChI is InChI=1S/C25H29N3O2/c1-16-8-5-6-11-21(16)22(15-27-4)19-9-7-10-20(13-19)28-17(2)12-24(29)25(30)14-23(28)18(3)26/h5-11,13,15,17-18,23H,1,12,14,26H2,2-4H3. The maximum atomic E-state index is 12.3. The summed E-state index contributed by atoms with van der Waals surface area (Å²) in [5.74, 6) is -0.651. The normalized spacial score (nSPS) is 22.2. The third kappa shape index (κ3) is 4.41. The fourth-order valence-electron chi connectivity index (χ4n) is 4.14. The molecule has 0 radical (unpaired) electrons. The van der Waals surface area contributed by atoms with Crippen LogP contribution < -0.4 is 21.1 Å². The number of rotatable bonds is 4. The molecule has 1 saturated heterocycles. The summed E-state index contributed by atoms with van der Waals surface area (Å²) in [6.07, 6.45) is 2.17. The van der Waals surface area contributed by atoms with Crippen molar-refractivity contribution in [3.8, 4) is 0 Å². The SMILES string of the molecule is C=c1ccccc1=C(C=NC)c1cccc(N2C(C)CC(=O)C(=O)CC2C(C)N)c1. The maximum absolute atomic E-state index is 12.3. The van der Waals surface area contributed by atoms with Crippen LogP contribution in [0.4, 0.5) is 5.69 Å². The molecule has 2 N–H and O–H groups in total. The van der Waals surface area contributed by atoms with Crippen molar-refractivity contribution in [3.05, 3.63) is 64.5 Å². The van der Waals surface area contributed by atoms with E-state index in [1.807, 2.05) is 62.5 Å². The van der Waals surface area contributed by atoms with Crippen LogP contribution in [-0.4, -0.2) is 43.0 Å². The van der Waals surface area contributed by atoms with Gasteiger partial charge in [0.15, 0.2) is 0 Å². The molecule has 2 aromatic carbocycles. The van der Waals surface area contributed by atoms with Crippen molar-refractivity contribution in [2.45, 2.75) is 44.8 Å². The molecule has 0 amide bonds. The van der Waals surface area contributed by atoms with Crippen molar-refractivity contribution in [1.29, 1.82) is 0 Å². The van der Waals surface area contributed by atoms with Crippen molar-refractivity contribution < 1.29 is 9.59 Å². The zero-order valence-electron chi connectivity index (χ0n) is 17.8. The predicted octanol–water partition coefficient (Wildman–Crippen LogP) is 1.84. The Labute approximate surface area is 177 Å². The van der Waals surface area contributed by atoms with Gasteiger partial charge in [0, 0.05) is 49.4 Å². The molecule has 30 heavy (non-hydrogen) atoms. The lowest BCUT2D eigenvalue weighted by molar-refractivity contribution is -0.136. The maximum Gasteiger partial charge on any atom is 0.200 e. The Morgan fingerprint density at radius 3 is 2.53 bits per heavy atom. The van der Waals surface area contributed by atoms with Crippen LogP contribution in [0.2, 0.25) is 0 Å². The topological polar surface area (TPSA) is 75.8 Å². The van der Waals surface area contributed by atoms with Gasteiger partial charge in [0.25, 0.3) is 0 Å². The third-order valence-electron chi connectivity index (χ3n) is 5.65. The molecule has 1 heterocycles. The molecule has 156 valence electrons. The molecular formula is C25H29N3O2. The molecular weight excluding hydrogens is 374 g/mol. The monoisotopic (exact) mass is 403 g/mol. The van der Waals surface area contributed by atoms with Crippen LogP contribution in [0.5, 0.6) is 0 Å². The van der Waals surface area contributed by atoms with Crippen LogP contribution in [-0.2, 0) is 9.59 Å². The van der Waals surface area contributed by atoms with Crippen LogP contribution in [0.3, 0.4) is 0 Å². The van der Waals surface area contributed by atoms with E-state index in [1.54, 1.807) is 7.05 Å². The number of aliphatic imine (C=N–C) groups is 1. The lowest BCUT2D eigenvalue weighted by atomic mass is 9.99. The van der Waals surface area contributed by atoms with E-state index in [4.69, 9.17) is 5.73 Å². The second-order valence-electron chi connectivity index (χ2n) is 7.95. The second-order valence-corrected chi connectivity index (χ2v) is 7.95. The minimum Gasteiger partial charge on any atom is -0.363 e. The minimum absolute atomic E-state index is 0.126. The Morgan fingerprint density at radius 1 is 1.17 bits per heavy atom. The first-order valence-electron chi connectivity index (χ1n) is 10.2. The number of hydrogen-bond acceptors (Lipinski definition) is 5. The van der Waals surface area contributed by atoms with Gasteiger partial charge in [-0.25, -0.2) is 0 Å². The van der Waals surface area contributed by atoms with E-state index in [0.717, 1.165) is 27.3 Å². The van der Waals surface area contributed by atoms with Gasteiger partial charge in [-0.15, -0.1) is 0 Å². The average Bonchev–Trinajstić information content (AvgIpc) is 2.83. The highest BCUT2D eigenvalue weighted by molar-refractivity contribution is 6.37. The molecule has 1 aliphatic heterocycles. The largest absolute Gasteiger partial charge is 0.363 e. The number of hydrogen-bond donors (Lipinski definition) is 1. The molecule has 3 atom stereocenters. The van der Waals surface area contributed by atoms with E-state index in [1.165, 1.54) is 0 Å². The summed E-state index contributed by atoms with van der Waals surface area (Å²) >= 11 is 0. The molecule has 0 spiro atoms. The Kier molecular flexibility index (Phi) is 6.63. The van der Waals surface area contributed by atoms with E-state index >= 15 is 0 Å². The molecule has 5 nitrogen and oxygen atoms in total. The van der Waals surface area contributed by atoms with Crippen LogP contribution >= 0.6 is 0 Å². The molecule has 3 rings (SSSR count). The van der Waals surface area contributed by atoms with Crippen molar-refractivity contribution in [2.75, 3.05) is 11.9 Å². The van der Waals surface area contributed by atoms with Gasteiger partial charge in [-0.3, -0.25) is 14.6 Å². The first kappa shape index (κ1) is 21.7. The molecule has 0 aliphatic carbocycles. The van der Waals surface area contributed by atoms with E-state index in [2.05, 4.69) is 22.5 Å². The molecule has 1 fully saturated rings. The van der Waals surface area contributed by atoms with E-state index in [-0.39, 0.29) is 42.5 Å². The van der Waals surface area contributed by atoms with Crippen molar-refractivity contribution >= 4 is 35.6 Å². The Morgan fingerprint density at radius 2 is 1.87 bits per heavy atom. The van der Waals surface area contributed by atoms with Gasteiger partial charge in [-0.2, -0.15) is 0 Å². The number of carbonyl (C=O) groups excluding carboxylic acids is 2. The molecule has 5 heteroatoms. The first-order chi connectivity index (χ1) is 14.3. The summed E-state index contributed by atoms with van der Waals surface area (Å²) in [4.78, 5) is 30.9. The highest BCUT2D eigenvalue weighted by Crippen LogP contribution is 2.29. The summed E-state index contributed by atoms with van der Waals surface area (Å²) in [5.41, 5.74) is 9.15. The molecule has 3 unspecified atom stereocenters. The lowest BCUT2D eigenvalue weighted by Gasteiger charge is -2.38. The number of nitrogens with two attached hydrogens (primary N) is 1. The fraction of sp³-hybridized carbons (Fsp3) is 0.320. The van der Waals surface area contributed by atoms with Gasteiger partial charge in [0.2, 0.25) is 11.6 Å². The zero-order chi connectivity index (χ0) is 21.8. The Bertz CT molecular complexity index is 1090. The van der Waals surface area contributed by atoms with Gasteiger partial charge in [0.1, 0.15) is 0 Å². The second kappa shape index (κ2) is 9.18. The predicted molar refractivity (Wildman–Crippen MR) is 123 cm³/mol. The Balaban J connectivity index is 2.17. The zero-order valence-corrected chi connectivity index (χ0v) is 17.8. The van der Waals surface area contributed by atoms with Crippen molar-refractivity contribution in [3.63, 3.8) is 0 Å². The number of carbonyl (C=O) groups is 2. The van der Waals surface area contributed by atoms with Crippen LogP contribution in [0, 0.1) is 0 Å². The summed E-state index contributed by atoms with van der Waals surface area (Å²) in [7, 11) is 1.75. The minimum atomic E-state index is -0.334. The van der Waals surface area contributed by atoms with Gasteiger partial charge < -0.3 is 10.6 Å². The quantitative estimate of drug-likeness (QED) is 0.624. The smallest absolute Gasteiger partial charge is 0.200 e. The number of nitrogens with zero attached hydrogens (tertiary/aromatic N) is 2. The van der Waals surface area contributed by atoms with Crippen molar-refractivity contribution in [1.82, 2.24) is 0 Å². The highest BCUT2D eigenvalue weighted by atomic mass is 16.2. The summed E-state index contributed by atoms with van der Waals surface area (Å²) in [6.45, 7) is 8.01. The fourth-order valence-corrected chi connectivity index (χ4v) is 4.14. The average molecular weight is 404 g/mol. The first-order valence-corrected chi connectivity index (χ1v) is 10.2. The van der Waals surface area contributed by atoms with Gasteiger partial charge in [-0.05, 0) is 42.0 Å². The number of Topliss-reactive ketones (excluding diaryl/α,β-unsaturated/α-hetero) is 2.